The Bertz CT molecular complexity index is 590. The van der Waals surface area contributed by atoms with E-state index in [9.17, 15) is 18.0 Å². The predicted octanol–water partition coefficient (Wildman–Crippen LogP) is 2.57. The van der Waals surface area contributed by atoms with E-state index in [1.165, 1.54) is 6.20 Å². The number of rotatable bonds is 4. The zero-order valence-electron chi connectivity index (χ0n) is 9.87. The summed E-state index contributed by atoms with van der Waals surface area (Å²) in [6.07, 6.45) is -1.19. The minimum Gasteiger partial charge on any atom is -0.302 e. The fourth-order valence-corrected chi connectivity index (χ4v) is 1.77. The van der Waals surface area contributed by atoms with E-state index in [1.807, 2.05) is 6.07 Å². The van der Waals surface area contributed by atoms with Gasteiger partial charge in [0.05, 0.1) is 13.1 Å². The quantitative estimate of drug-likeness (QED) is 0.866. The van der Waals surface area contributed by atoms with Crippen molar-refractivity contribution >= 4 is 16.6 Å². The Morgan fingerprint density at radius 3 is 2.79 bits per heavy atom. The van der Waals surface area contributed by atoms with Gasteiger partial charge in [-0.15, -0.1) is 0 Å². The van der Waals surface area contributed by atoms with E-state index in [4.69, 9.17) is 0 Å². The summed E-state index contributed by atoms with van der Waals surface area (Å²) in [4.78, 5) is 15.8. The SMILES string of the molecule is O=C(CNCC(F)(F)F)c1cccc2ccncc12. The number of halogens is 3. The Kier molecular flexibility index (Phi) is 3.80. The normalized spacial score (nSPS) is 11.7. The Hall–Kier alpha value is -1.95. The first-order valence-electron chi connectivity index (χ1n) is 5.61. The van der Waals surface area contributed by atoms with E-state index in [0.717, 1.165) is 5.39 Å². The van der Waals surface area contributed by atoms with Crippen LogP contribution in [0.2, 0.25) is 0 Å². The van der Waals surface area contributed by atoms with Crippen molar-refractivity contribution in [3.63, 3.8) is 0 Å². The topological polar surface area (TPSA) is 42.0 Å². The highest BCUT2D eigenvalue weighted by Crippen LogP contribution is 2.18. The van der Waals surface area contributed by atoms with Gasteiger partial charge in [-0.2, -0.15) is 13.2 Å². The smallest absolute Gasteiger partial charge is 0.302 e. The number of aromatic nitrogens is 1. The molecule has 1 aromatic carbocycles. The summed E-state index contributed by atoms with van der Waals surface area (Å²) in [6, 6.07) is 6.84. The molecule has 1 heterocycles. The van der Waals surface area contributed by atoms with Crippen LogP contribution in [-0.4, -0.2) is 30.0 Å². The molecule has 0 aliphatic heterocycles. The van der Waals surface area contributed by atoms with Crippen molar-refractivity contribution in [2.24, 2.45) is 0 Å². The van der Waals surface area contributed by atoms with Gasteiger partial charge in [-0.05, 0) is 11.5 Å². The highest BCUT2D eigenvalue weighted by Gasteiger charge is 2.26. The molecular formula is C13H11F3N2O. The van der Waals surface area contributed by atoms with Crippen LogP contribution in [0.15, 0.2) is 36.7 Å². The lowest BCUT2D eigenvalue weighted by molar-refractivity contribution is -0.124. The van der Waals surface area contributed by atoms with Gasteiger partial charge in [0, 0.05) is 23.3 Å². The Morgan fingerprint density at radius 1 is 1.26 bits per heavy atom. The van der Waals surface area contributed by atoms with Crippen molar-refractivity contribution in [3.8, 4) is 0 Å². The molecule has 0 aliphatic carbocycles. The number of nitrogens with zero attached hydrogens (tertiary/aromatic N) is 1. The maximum Gasteiger partial charge on any atom is 0.401 e. The van der Waals surface area contributed by atoms with Crippen LogP contribution in [0.4, 0.5) is 13.2 Å². The minimum atomic E-state index is -4.32. The van der Waals surface area contributed by atoms with Gasteiger partial charge in [-0.25, -0.2) is 0 Å². The number of alkyl halides is 3. The third kappa shape index (κ3) is 3.51. The first-order chi connectivity index (χ1) is 8.97. The van der Waals surface area contributed by atoms with Crippen LogP contribution >= 0.6 is 0 Å². The van der Waals surface area contributed by atoms with Crippen LogP contribution in [0.25, 0.3) is 10.8 Å². The van der Waals surface area contributed by atoms with Gasteiger partial charge in [0.1, 0.15) is 0 Å². The molecular weight excluding hydrogens is 257 g/mol. The van der Waals surface area contributed by atoms with Crippen molar-refractivity contribution in [1.82, 2.24) is 10.3 Å². The van der Waals surface area contributed by atoms with Crippen molar-refractivity contribution in [1.29, 1.82) is 0 Å². The summed E-state index contributed by atoms with van der Waals surface area (Å²) < 4.78 is 35.9. The number of hydrogen-bond donors (Lipinski definition) is 1. The Labute approximate surface area is 107 Å². The van der Waals surface area contributed by atoms with Crippen molar-refractivity contribution in [2.45, 2.75) is 6.18 Å². The maximum atomic E-state index is 12.0. The van der Waals surface area contributed by atoms with Crippen LogP contribution in [0.5, 0.6) is 0 Å². The van der Waals surface area contributed by atoms with Gasteiger partial charge in [-0.3, -0.25) is 9.78 Å². The molecule has 0 saturated carbocycles. The minimum absolute atomic E-state index is 0.354. The summed E-state index contributed by atoms with van der Waals surface area (Å²) in [6.45, 7) is -1.53. The number of carbonyl (C=O) groups is 1. The molecule has 2 rings (SSSR count). The second kappa shape index (κ2) is 5.36. The lowest BCUT2D eigenvalue weighted by Gasteiger charge is -2.08. The molecule has 1 N–H and O–H groups in total. The summed E-state index contributed by atoms with van der Waals surface area (Å²) in [5, 5.41) is 3.57. The lowest BCUT2D eigenvalue weighted by atomic mass is 10.0. The Morgan fingerprint density at radius 2 is 2.05 bits per heavy atom. The maximum absolute atomic E-state index is 12.0. The molecule has 1 aromatic heterocycles. The average molecular weight is 268 g/mol. The number of Topliss-reactive ketones (excluding diaryl/α,β-unsaturated/α-hetero) is 1. The second-order valence-corrected chi connectivity index (χ2v) is 4.04. The van der Waals surface area contributed by atoms with Gasteiger partial charge in [0.25, 0.3) is 0 Å². The molecule has 0 bridgehead atoms. The van der Waals surface area contributed by atoms with Crippen LogP contribution in [0.1, 0.15) is 10.4 Å². The van der Waals surface area contributed by atoms with Gasteiger partial charge in [-0.1, -0.05) is 18.2 Å². The fourth-order valence-electron chi connectivity index (χ4n) is 1.77. The molecule has 0 spiro atoms. The molecule has 0 atom stereocenters. The van der Waals surface area contributed by atoms with Crippen molar-refractivity contribution in [3.05, 3.63) is 42.2 Å². The molecule has 0 aliphatic rings. The number of carbonyl (C=O) groups excluding carboxylic acids is 1. The molecule has 6 heteroatoms. The van der Waals surface area contributed by atoms with Crippen molar-refractivity contribution in [2.75, 3.05) is 13.1 Å². The summed E-state index contributed by atoms with van der Waals surface area (Å²) in [7, 11) is 0. The van der Waals surface area contributed by atoms with Crippen LogP contribution in [0.3, 0.4) is 0 Å². The Balaban J connectivity index is 2.14. The lowest BCUT2D eigenvalue weighted by Crippen LogP contribution is -2.32. The van der Waals surface area contributed by atoms with E-state index < -0.39 is 12.7 Å². The van der Waals surface area contributed by atoms with Gasteiger partial charge < -0.3 is 5.32 Å². The molecule has 19 heavy (non-hydrogen) atoms. The standard InChI is InChI=1S/C13H11F3N2O/c14-13(15,16)8-18-7-12(19)10-3-1-2-9-4-5-17-6-11(9)10/h1-6,18H,7-8H2. The predicted molar refractivity (Wildman–Crippen MR) is 65.0 cm³/mol. The number of ketones is 1. The van der Waals surface area contributed by atoms with Crippen LogP contribution in [-0.2, 0) is 0 Å². The summed E-state index contributed by atoms with van der Waals surface area (Å²) in [5.41, 5.74) is 0.375. The molecule has 0 saturated heterocycles. The second-order valence-electron chi connectivity index (χ2n) is 4.04. The van der Waals surface area contributed by atoms with E-state index in [-0.39, 0.29) is 12.3 Å². The molecule has 0 amide bonds. The monoisotopic (exact) mass is 268 g/mol. The third-order valence-electron chi connectivity index (χ3n) is 2.60. The number of fused-ring (bicyclic) bond motifs is 1. The number of pyridine rings is 1. The molecule has 0 radical (unpaired) electrons. The first kappa shape index (κ1) is 13.5. The van der Waals surface area contributed by atoms with E-state index in [0.29, 0.717) is 10.9 Å². The molecule has 3 nitrogen and oxygen atoms in total. The zero-order chi connectivity index (χ0) is 13.9. The molecule has 0 fully saturated rings. The summed E-state index contributed by atoms with van der Waals surface area (Å²) >= 11 is 0. The van der Waals surface area contributed by atoms with Gasteiger partial charge >= 0.3 is 6.18 Å². The summed E-state index contributed by atoms with van der Waals surface area (Å²) in [5.74, 6) is -0.386. The number of nitrogens with one attached hydrogen (secondary N) is 1. The van der Waals surface area contributed by atoms with Crippen molar-refractivity contribution < 1.29 is 18.0 Å². The third-order valence-corrected chi connectivity index (χ3v) is 2.60. The van der Waals surface area contributed by atoms with Gasteiger partial charge in [0.15, 0.2) is 5.78 Å². The average Bonchev–Trinajstić information content (AvgIpc) is 2.36. The van der Waals surface area contributed by atoms with E-state index >= 15 is 0 Å². The van der Waals surface area contributed by atoms with Crippen LogP contribution < -0.4 is 5.32 Å². The van der Waals surface area contributed by atoms with Gasteiger partial charge in [0.2, 0.25) is 0 Å². The van der Waals surface area contributed by atoms with E-state index in [2.05, 4.69) is 10.3 Å². The zero-order valence-corrected chi connectivity index (χ0v) is 9.87. The fraction of sp³-hybridized carbons (Fsp3) is 0.231. The highest BCUT2D eigenvalue weighted by molar-refractivity contribution is 6.08. The largest absolute Gasteiger partial charge is 0.401 e. The number of hydrogen-bond acceptors (Lipinski definition) is 3. The number of benzene rings is 1. The highest BCUT2D eigenvalue weighted by atomic mass is 19.4. The first-order valence-corrected chi connectivity index (χ1v) is 5.61. The van der Waals surface area contributed by atoms with E-state index in [1.54, 1.807) is 24.4 Å². The molecule has 100 valence electrons. The molecule has 0 unspecified atom stereocenters. The molecule has 2 aromatic rings. The van der Waals surface area contributed by atoms with Crippen LogP contribution in [0, 0.1) is 0 Å².